The van der Waals surface area contributed by atoms with Crippen LogP contribution in [0, 0.1) is 10.8 Å². The summed E-state index contributed by atoms with van der Waals surface area (Å²) in [7, 11) is 0. The maximum Gasteiger partial charge on any atom is -0.0297 e. The van der Waals surface area contributed by atoms with Crippen LogP contribution < -0.4 is 0 Å². The molecule has 0 nitrogen and oxygen atoms in total. The van der Waals surface area contributed by atoms with Crippen molar-refractivity contribution in [1.29, 1.82) is 0 Å². The average Bonchev–Trinajstić information content (AvgIpc) is 3.03. The molecule has 0 aromatic heterocycles. The van der Waals surface area contributed by atoms with Crippen molar-refractivity contribution in [3.05, 3.63) is 0 Å². The van der Waals surface area contributed by atoms with Crippen molar-refractivity contribution in [2.75, 3.05) is 0 Å². The molecule has 4 saturated carbocycles. The van der Waals surface area contributed by atoms with Gasteiger partial charge in [0.05, 0.1) is 0 Å². The van der Waals surface area contributed by atoms with Gasteiger partial charge in [-0.1, -0.05) is 51.4 Å². The summed E-state index contributed by atoms with van der Waals surface area (Å²) in [5, 5.41) is 0. The number of hydrogen-bond donors (Lipinski definition) is 0. The first-order chi connectivity index (χ1) is 8.83. The fourth-order valence-electron chi connectivity index (χ4n) is 5.23. The summed E-state index contributed by atoms with van der Waals surface area (Å²) < 4.78 is 0. The second-order valence-electron chi connectivity index (χ2n) is 7.83. The third-order valence-electron chi connectivity index (χ3n) is 6.66. The van der Waals surface area contributed by atoms with Crippen molar-refractivity contribution in [2.24, 2.45) is 10.8 Å². The Labute approximate surface area is 114 Å². The van der Waals surface area contributed by atoms with E-state index in [1.165, 1.54) is 51.4 Å². The van der Waals surface area contributed by atoms with Crippen molar-refractivity contribution in [2.45, 2.75) is 103 Å². The van der Waals surface area contributed by atoms with Gasteiger partial charge in [-0.15, -0.1) is 0 Å². The molecular formula is C18H32. The van der Waals surface area contributed by atoms with Gasteiger partial charge >= 0.3 is 0 Å². The highest BCUT2D eigenvalue weighted by molar-refractivity contribution is 4.89. The minimum absolute atomic E-state index is 0.889. The molecule has 0 aromatic carbocycles. The Hall–Kier alpha value is 0. The van der Waals surface area contributed by atoms with Crippen molar-refractivity contribution in [3.63, 3.8) is 0 Å². The lowest BCUT2D eigenvalue weighted by atomic mass is 9.61. The van der Waals surface area contributed by atoms with E-state index in [-0.39, 0.29) is 0 Å². The van der Waals surface area contributed by atoms with Crippen molar-refractivity contribution >= 4 is 0 Å². The van der Waals surface area contributed by atoms with Crippen LogP contribution in [0.4, 0.5) is 0 Å². The Bertz CT molecular complexity index is 224. The quantitative estimate of drug-likeness (QED) is 0.476. The SMILES string of the molecule is C1CCC2(C1)CCCC2.C1CCC2(CC1)CCC2. The summed E-state index contributed by atoms with van der Waals surface area (Å²) in [6.45, 7) is 0. The van der Waals surface area contributed by atoms with Gasteiger partial charge in [-0.3, -0.25) is 0 Å². The fraction of sp³-hybridized carbons (Fsp3) is 1.00. The number of rotatable bonds is 0. The third-order valence-corrected chi connectivity index (χ3v) is 6.66. The maximum absolute atomic E-state index is 1.56. The molecule has 0 atom stereocenters. The Kier molecular flexibility index (Phi) is 4.01. The highest BCUT2D eigenvalue weighted by Gasteiger charge is 2.37. The van der Waals surface area contributed by atoms with Crippen molar-refractivity contribution < 1.29 is 0 Å². The monoisotopic (exact) mass is 248 g/mol. The molecule has 4 rings (SSSR count). The minimum Gasteiger partial charge on any atom is -0.0533 e. The van der Waals surface area contributed by atoms with E-state index < -0.39 is 0 Å². The zero-order chi connectivity index (χ0) is 12.3. The molecule has 2 spiro atoms. The van der Waals surface area contributed by atoms with E-state index in [0.29, 0.717) is 0 Å². The molecule has 0 bridgehead atoms. The van der Waals surface area contributed by atoms with Crippen LogP contribution in [-0.4, -0.2) is 0 Å². The third kappa shape index (κ3) is 2.78. The van der Waals surface area contributed by atoms with E-state index in [2.05, 4.69) is 0 Å². The van der Waals surface area contributed by atoms with Crippen LogP contribution in [0.5, 0.6) is 0 Å². The molecule has 4 fully saturated rings. The molecular weight excluding hydrogens is 216 g/mol. The molecule has 0 amide bonds. The molecule has 0 radical (unpaired) electrons. The zero-order valence-corrected chi connectivity index (χ0v) is 12.3. The molecule has 0 N–H and O–H groups in total. The van der Waals surface area contributed by atoms with Crippen LogP contribution in [0.3, 0.4) is 0 Å². The molecule has 18 heavy (non-hydrogen) atoms. The smallest absolute Gasteiger partial charge is 0.0297 e. The molecule has 0 unspecified atom stereocenters. The molecule has 0 heteroatoms. The van der Waals surface area contributed by atoms with Crippen LogP contribution in [-0.2, 0) is 0 Å². The predicted molar refractivity (Wildman–Crippen MR) is 78.7 cm³/mol. The molecule has 4 aliphatic rings. The van der Waals surface area contributed by atoms with E-state index >= 15 is 0 Å². The highest BCUT2D eigenvalue weighted by atomic mass is 14.4. The first-order valence-electron chi connectivity index (χ1n) is 8.83. The Morgan fingerprint density at radius 2 is 0.556 bits per heavy atom. The van der Waals surface area contributed by atoms with Crippen LogP contribution in [0.2, 0.25) is 0 Å². The Balaban J connectivity index is 0.000000111. The molecule has 0 aromatic rings. The summed E-state index contributed by atoms with van der Waals surface area (Å²) in [4.78, 5) is 0. The van der Waals surface area contributed by atoms with Gasteiger partial charge in [-0.2, -0.15) is 0 Å². The van der Waals surface area contributed by atoms with Gasteiger partial charge in [-0.25, -0.2) is 0 Å². The molecule has 0 aliphatic heterocycles. The van der Waals surface area contributed by atoms with E-state index in [4.69, 9.17) is 0 Å². The second-order valence-corrected chi connectivity index (χ2v) is 7.83. The Morgan fingerprint density at radius 3 is 0.833 bits per heavy atom. The number of hydrogen-bond acceptors (Lipinski definition) is 0. The van der Waals surface area contributed by atoms with Crippen LogP contribution in [0.25, 0.3) is 0 Å². The lowest BCUT2D eigenvalue weighted by Gasteiger charge is -2.45. The first-order valence-corrected chi connectivity index (χ1v) is 8.83. The Morgan fingerprint density at radius 1 is 0.278 bits per heavy atom. The van der Waals surface area contributed by atoms with Gasteiger partial charge in [0.15, 0.2) is 0 Å². The van der Waals surface area contributed by atoms with Gasteiger partial charge in [0.1, 0.15) is 0 Å². The summed E-state index contributed by atoms with van der Waals surface area (Å²) in [6.07, 6.45) is 24.7. The van der Waals surface area contributed by atoms with Crippen molar-refractivity contribution in [1.82, 2.24) is 0 Å². The summed E-state index contributed by atoms with van der Waals surface area (Å²) >= 11 is 0. The lowest BCUT2D eigenvalue weighted by molar-refractivity contribution is 0.0775. The minimum atomic E-state index is 0.889. The largest absolute Gasteiger partial charge is 0.0533 e. The molecule has 0 heterocycles. The normalized spacial score (nSPS) is 32.0. The standard InChI is InChI=1S/2C9H16/c1-2-6-9(5-1)7-3-4-8-9;1-2-5-9(6-3-1)7-4-8-9/h2*1-8H2. The van der Waals surface area contributed by atoms with Crippen molar-refractivity contribution in [3.8, 4) is 0 Å². The van der Waals surface area contributed by atoms with Crippen LogP contribution in [0.1, 0.15) is 103 Å². The van der Waals surface area contributed by atoms with Gasteiger partial charge < -0.3 is 0 Å². The average molecular weight is 248 g/mol. The van der Waals surface area contributed by atoms with E-state index in [9.17, 15) is 0 Å². The second kappa shape index (κ2) is 5.55. The lowest BCUT2D eigenvalue weighted by Crippen LogP contribution is -2.31. The predicted octanol–water partition coefficient (Wildman–Crippen LogP) is 6.24. The molecule has 0 saturated heterocycles. The van der Waals surface area contributed by atoms with E-state index in [1.54, 1.807) is 51.4 Å². The molecule has 4 aliphatic carbocycles. The maximum atomic E-state index is 1.56. The van der Waals surface area contributed by atoms with Gasteiger partial charge in [0.25, 0.3) is 0 Å². The fourth-order valence-corrected chi connectivity index (χ4v) is 5.23. The van der Waals surface area contributed by atoms with Gasteiger partial charge in [-0.05, 0) is 62.2 Å². The van der Waals surface area contributed by atoms with Gasteiger partial charge in [0, 0.05) is 0 Å². The van der Waals surface area contributed by atoms with E-state index in [0.717, 1.165) is 10.8 Å². The molecule has 104 valence electrons. The zero-order valence-electron chi connectivity index (χ0n) is 12.3. The van der Waals surface area contributed by atoms with Gasteiger partial charge in [0.2, 0.25) is 0 Å². The summed E-state index contributed by atoms with van der Waals surface area (Å²) in [5.74, 6) is 0. The summed E-state index contributed by atoms with van der Waals surface area (Å²) in [6, 6.07) is 0. The topological polar surface area (TPSA) is 0 Å². The van der Waals surface area contributed by atoms with Crippen LogP contribution >= 0.6 is 0 Å². The van der Waals surface area contributed by atoms with E-state index in [1.807, 2.05) is 0 Å². The highest BCUT2D eigenvalue weighted by Crippen LogP contribution is 2.51. The van der Waals surface area contributed by atoms with Crippen LogP contribution in [0.15, 0.2) is 0 Å². The first kappa shape index (κ1) is 13.0. The summed E-state index contributed by atoms with van der Waals surface area (Å²) in [5.41, 5.74) is 1.79.